The van der Waals surface area contributed by atoms with Crippen LogP contribution in [-0.4, -0.2) is 0 Å². The lowest BCUT2D eigenvalue weighted by atomic mass is 10.1. The van der Waals surface area contributed by atoms with Crippen molar-refractivity contribution in [2.75, 3.05) is 0 Å². The molecule has 1 aliphatic rings. The molecule has 0 saturated carbocycles. The first-order valence-corrected chi connectivity index (χ1v) is 3.70. The molecule has 0 unspecified atom stereocenters. The molecule has 0 bridgehead atoms. The third-order valence-electron chi connectivity index (χ3n) is 1.85. The lowest BCUT2D eigenvalue weighted by molar-refractivity contribution is 0.553. The second kappa shape index (κ2) is 2.42. The van der Waals surface area contributed by atoms with Crippen LogP contribution in [0.1, 0.15) is 19.1 Å². The molecule has 1 aliphatic carbocycles. The summed E-state index contributed by atoms with van der Waals surface area (Å²) >= 11 is 0. The molecule has 0 amide bonds. The molecule has 1 radical (unpaired) electrons. The number of furan rings is 1. The third-order valence-corrected chi connectivity index (χ3v) is 1.85. The normalized spacial score (nSPS) is 16.5. The molecule has 1 aromatic heterocycles. The largest absolute Gasteiger partial charge is 0.464 e. The van der Waals surface area contributed by atoms with Crippen LogP contribution < -0.4 is 0 Å². The fourth-order valence-electron chi connectivity index (χ4n) is 1.25. The van der Waals surface area contributed by atoms with Gasteiger partial charge in [-0.3, -0.25) is 0 Å². The van der Waals surface area contributed by atoms with Gasteiger partial charge in [0, 0.05) is 5.57 Å². The summed E-state index contributed by atoms with van der Waals surface area (Å²) in [5, 5.41) is 0. The second-order valence-electron chi connectivity index (χ2n) is 2.62. The second-order valence-corrected chi connectivity index (χ2v) is 2.62. The topological polar surface area (TPSA) is 13.1 Å². The molecular weight excluding hydrogens is 136 g/mol. The average molecular weight is 145 g/mol. The molecular formula is C10H9O. The Labute approximate surface area is 66.0 Å². The van der Waals surface area contributed by atoms with E-state index in [0.717, 1.165) is 17.8 Å². The van der Waals surface area contributed by atoms with Gasteiger partial charge in [0.25, 0.3) is 0 Å². The Morgan fingerprint density at radius 1 is 1.55 bits per heavy atom. The first kappa shape index (κ1) is 6.47. The van der Waals surface area contributed by atoms with Crippen LogP contribution in [0, 0.1) is 6.08 Å². The third kappa shape index (κ3) is 1.03. The smallest absolute Gasteiger partial charge is 0.134 e. The van der Waals surface area contributed by atoms with Gasteiger partial charge in [-0.05, 0) is 37.1 Å². The highest BCUT2D eigenvalue weighted by Crippen LogP contribution is 2.27. The van der Waals surface area contributed by atoms with Gasteiger partial charge in [-0.25, -0.2) is 0 Å². The van der Waals surface area contributed by atoms with E-state index in [1.165, 1.54) is 5.57 Å². The van der Waals surface area contributed by atoms with E-state index in [9.17, 15) is 0 Å². The number of rotatable bonds is 1. The van der Waals surface area contributed by atoms with Crippen LogP contribution >= 0.6 is 0 Å². The first-order chi connectivity index (χ1) is 5.38. The lowest BCUT2D eigenvalue weighted by Gasteiger charge is -1.96. The maximum absolute atomic E-state index is 5.25. The molecule has 0 atom stereocenters. The van der Waals surface area contributed by atoms with Gasteiger partial charge in [0.2, 0.25) is 0 Å². The fraction of sp³-hybridized carbons (Fsp3) is 0.200. The number of hydrogen-bond acceptors (Lipinski definition) is 1. The van der Waals surface area contributed by atoms with E-state index < -0.39 is 0 Å². The van der Waals surface area contributed by atoms with Crippen LogP contribution in [0.3, 0.4) is 0 Å². The van der Waals surface area contributed by atoms with Crippen LogP contribution in [0.4, 0.5) is 0 Å². The average Bonchev–Trinajstić information content (AvgIpc) is 2.55. The van der Waals surface area contributed by atoms with Crippen LogP contribution in [0.25, 0.3) is 5.57 Å². The first-order valence-electron chi connectivity index (χ1n) is 3.70. The summed E-state index contributed by atoms with van der Waals surface area (Å²) in [5.41, 5.74) is 2.38. The Bertz CT molecular complexity index is 302. The molecule has 1 aromatic rings. The van der Waals surface area contributed by atoms with Crippen LogP contribution in [0.2, 0.25) is 0 Å². The summed E-state index contributed by atoms with van der Waals surface area (Å²) in [6, 6.07) is 3.86. The summed E-state index contributed by atoms with van der Waals surface area (Å²) in [4.78, 5) is 0. The summed E-state index contributed by atoms with van der Waals surface area (Å²) in [6.45, 7) is 2.08. The summed E-state index contributed by atoms with van der Waals surface area (Å²) in [7, 11) is 0. The van der Waals surface area contributed by atoms with Crippen molar-refractivity contribution in [3.63, 3.8) is 0 Å². The van der Waals surface area contributed by atoms with Gasteiger partial charge >= 0.3 is 0 Å². The van der Waals surface area contributed by atoms with Gasteiger partial charge in [0.05, 0.1) is 6.26 Å². The molecule has 0 fully saturated rings. The molecule has 0 spiro atoms. The highest BCUT2D eigenvalue weighted by molar-refractivity contribution is 5.76. The molecule has 55 valence electrons. The van der Waals surface area contributed by atoms with Crippen molar-refractivity contribution in [2.24, 2.45) is 0 Å². The van der Waals surface area contributed by atoms with Crippen molar-refractivity contribution in [1.82, 2.24) is 0 Å². The molecule has 2 rings (SSSR count). The molecule has 1 nitrogen and oxygen atoms in total. The van der Waals surface area contributed by atoms with E-state index >= 15 is 0 Å². The van der Waals surface area contributed by atoms with Gasteiger partial charge in [-0.2, -0.15) is 0 Å². The van der Waals surface area contributed by atoms with Crippen molar-refractivity contribution < 1.29 is 4.42 Å². The van der Waals surface area contributed by atoms with Crippen LogP contribution in [0.15, 0.2) is 34.5 Å². The van der Waals surface area contributed by atoms with Crippen molar-refractivity contribution in [3.8, 4) is 0 Å². The van der Waals surface area contributed by atoms with E-state index in [-0.39, 0.29) is 0 Å². The Morgan fingerprint density at radius 2 is 2.45 bits per heavy atom. The molecule has 0 aliphatic heterocycles. The zero-order valence-electron chi connectivity index (χ0n) is 6.42. The van der Waals surface area contributed by atoms with Crippen LogP contribution in [-0.2, 0) is 0 Å². The van der Waals surface area contributed by atoms with Crippen molar-refractivity contribution in [1.29, 1.82) is 0 Å². The van der Waals surface area contributed by atoms with E-state index in [0.29, 0.717) is 0 Å². The van der Waals surface area contributed by atoms with Crippen LogP contribution in [0.5, 0.6) is 0 Å². The van der Waals surface area contributed by atoms with Crippen molar-refractivity contribution in [2.45, 2.75) is 13.3 Å². The Kier molecular flexibility index (Phi) is 1.42. The minimum Gasteiger partial charge on any atom is -0.464 e. The summed E-state index contributed by atoms with van der Waals surface area (Å²) in [6.07, 6.45) is 8.00. The SMILES string of the molecule is CC1=CC[C]=C1c1ccco1. The predicted molar refractivity (Wildman–Crippen MR) is 43.7 cm³/mol. The molecule has 0 N–H and O–H groups in total. The summed E-state index contributed by atoms with van der Waals surface area (Å²) < 4.78 is 5.25. The molecule has 1 heteroatoms. The van der Waals surface area contributed by atoms with Gasteiger partial charge in [-0.15, -0.1) is 0 Å². The van der Waals surface area contributed by atoms with E-state index in [2.05, 4.69) is 19.1 Å². The van der Waals surface area contributed by atoms with Gasteiger partial charge in [-0.1, -0.05) is 6.08 Å². The Hall–Kier alpha value is -1.24. The Balaban J connectivity index is 2.38. The zero-order chi connectivity index (χ0) is 7.68. The highest BCUT2D eigenvalue weighted by atomic mass is 16.3. The molecule has 0 aromatic carbocycles. The van der Waals surface area contributed by atoms with E-state index in [4.69, 9.17) is 4.42 Å². The lowest BCUT2D eigenvalue weighted by Crippen LogP contribution is -1.77. The number of hydrogen-bond donors (Lipinski definition) is 0. The van der Waals surface area contributed by atoms with Crippen molar-refractivity contribution >= 4 is 5.57 Å². The molecule has 0 saturated heterocycles. The number of allylic oxidation sites excluding steroid dienone is 4. The minimum atomic E-state index is 0.919. The van der Waals surface area contributed by atoms with Gasteiger partial charge < -0.3 is 4.42 Å². The summed E-state index contributed by atoms with van der Waals surface area (Å²) in [5.74, 6) is 0.927. The fourth-order valence-corrected chi connectivity index (χ4v) is 1.25. The predicted octanol–water partition coefficient (Wildman–Crippen LogP) is 2.82. The monoisotopic (exact) mass is 145 g/mol. The maximum Gasteiger partial charge on any atom is 0.134 e. The van der Waals surface area contributed by atoms with Gasteiger partial charge in [0.15, 0.2) is 0 Å². The van der Waals surface area contributed by atoms with E-state index in [1.807, 2.05) is 12.1 Å². The minimum absolute atomic E-state index is 0.919. The quantitative estimate of drug-likeness (QED) is 0.592. The molecule has 11 heavy (non-hydrogen) atoms. The highest BCUT2D eigenvalue weighted by Gasteiger charge is 2.09. The Morgan fingerprint density at radius 3 is 3.00 bits per heavy atom. The standard InChI is InChI=1S/C10H9O/c1-8-4-2-5-9(8)10-6-3-7-11-10/h3-4,6-7H,2H2,1H3. The van der Waals surface area contributed by atoms with Gasteiger partial charge in [0.1, 0.15) is 5.76 Å². The van der Waals surface area contributed by atoms with Crippen molar-refractivity contribution in [3.05, 3.63) is 41.9 Å². The maximum atomic E-state index is 5.25. The van der Waals surface area contributed by atoms with E-state index in [1.54, 1.807) is 6.26 Å². The molecule has 1 heterocycles. The zero-order valence-corrected chi connectivity index (χ0v) is 6.42.